The highest BCUT2D eigenvalue weighted by Gasteiger charge is 2.21. The average Bonchev–Trinajstić information content (AvgIpc) is 3.28. The molecule has 0 unspecified atom stereocenters. The molecule has 1 fully saturated rings. The summed E-state index contributed by atoms with van der Waals surface area (Å²) in [6.07, 6.45) is 0.943. The number of carbonyl (C=O) groups excluding carboxylic acids is 1. The lowest BCUT2D eigenvalue weighted by molar-refractivity contribution is 0.0671. The van der Waals surface area contributed by atoms with Crippen LogP contribution < -0.4 is 5.32 Å². The second kappa shape index (κ2) is 10.3. The molecule has 2 N–H and O–H groups in total. The SMILES string of the molecule is O=C(NCc1ccccc1)c1coc(CN2CCN(C[C@@H](O)c3ccccc3)CC2)n1. The fourth-order valence-electron chi connectivity index (χ4n) is 3.70. The molecule has 2 heterocycles. The van der Waals surface area contributed by atoms with Crippen molar-refractivity contribution < 1.29 is 14.3 Å². The molecule has 7 heteroatoms. The first-order valence-electron chi connectivity index (χ1n) is 10.6. The molecule has 1 amide bonds. The Labute approximate surface area is 182 Å². The summed E-state index contributed by atoms with van der Waals surface area (Å²) in [5.41, 5.74) is 2.29. The fourth-order valence-corrected chi connectivity index (χ4v) is 3.70. The number of piperazine rings is 1. The van der Waals surface area contributed by atoms with Crippen LogP contribution in [0.4, 0.5) is 0 Å². The van der Waals surface area contributed by atoms with E-state index in [0.29, 0.717) is 31.2 Å². The van der Waals surface area contributed by atoms with Crippen molar-refractivity contribution in [1.29, 1.82) is 0 Å². The van der Waals surface area contributed by atoms with Crippen LogP contribution in [-0.2, 0) is 13.1 Å². The van der Waals surface area contributed by atoms with E-state index < -0.39 is 6.10 Å². The van der Waals surface area contributed by atoms with E-state index >= 15 is 0 Å². The van der Waals surface area contributed by atoms with E-state index in [0.717, 1.165) is 37.3 Å². The highest BCUT2D eigenvalue weighted by Crippen LogP contribution is 2.16. The van der Waals surface area contributed by atoms with Crippen LogP contribution in [0.15, 0.2) is 71.3 Å². The number of aliphatic hydroxyl groups excluding tert-OH is 1. The van der Waals surface area contributed by atoms with E-state index in [4.69, 9.17) is 4.42 Å². The van der Waals surface area contributed by atoms with Crippen LogP contribution in [0.25, 0.3) is 0 Å². The fraction of sp³-hybridized carbons (Fsp3) is 0.333. The van der Waals surface area contributed by atoms with Gasteiger partial charge in [0.1, 0.15) is 6.26 Å². The summed E-state index contributed by atoms with van der Waals surface area (Å²) >= 11 is 0. The predicted molar refractivity (Wildman–Crippen MR) is 117 cm³/mol. The maximum atomic E-state index is 12.3. The Hall–Kier alpha value is -3.00. The quantitative estimate of drug-likeness (QED) is 0.583. The van der Waals surface area contributed by atoms with Gasteiger partial charge in [-0.1, -0.05) is 60.7 Å². The van der Waals surface area contributed by atoms with E-state index in [1.807, 2.05) is 60.7 Å². The summed E-state index contributed by atoms with van der Waals surface area (Å²) in [6, 6.07) is 19.5. The number of nitrogens with zero attached hydrogens (tertiary/aromatic N) is 3. The molecule has 1 atom stereocenters. The van der Waals surface area contributed by atoms with Crippen LogP contribution in [-0.4, -0.2) is 58.5 Å². The van der Waals surface area contributed by atoms with E-state index in [1.54, 1.807) is 0 Å². The van der Waals surface area contributed by atoms with E-state index in [9.17, 15) is 9.90 Å². The maximum Gasteiger partial charge on any atom is 0.273 e. The molecule has 1 aliphatic heterocycles. The molecular formula is C24H28N4O3. The third-order valence-electron chi connectivity index (χ3n) is 5.52. The van der Waals surface area contributed by atoms with E-state index in [-0.39, 0.29) is 5.91 Å². The van der Waals surface area contributed by atoms with Crippen LogP contribution in [0, 0.1) is 0 Å². The molecule has 162 valence electrons. The average molecular weight is 421 g/mol. The maximum absolute atomic E-state index is 12.3. The number of benzene rings is 2. The number of nitrogens with one attached hydrogen (secondary N) is 1. The minimum atomic E-state index is -0.476. The molecule has 1 aromatic heterocycles. The van der Waals surface area contributed by atoms with Crippen molar-refractivity contribution in [2.75, 3.05) is 32.7 Å². The van der Waals surface area contributed by atoms with Gasteiger partial charge in [0.15, 0.2) is 5.69 Å². The number of hydrogen-bond donors (Lipinski definition) is 2. The molecule has 31 heavy (non-hydrogen) atoms. The van der Waals surface area contributed by atoms with Crippen molar-refractivity contribution in [2.24, 2.45) is 0 Å². The number of β-amino-alcohol motifs (C(OH)–C–C–N with tert-alkyl or cyclic N) is 1. The highest BCUT2D eigenvalue weighted by atomic mass is 16.3. The summed E-state index contributed by atoms with van der Waals surface area (Å²) in [6.45, 7) is 5.12. The van der Waals surface area contributed by atoms with Crippen molar-refractivity contribution in [3.8, 4) is 0 Å². The molecule has 0 saturated carbocycles. The largest absolute Gasteiger partial charge is 0.447 e. The van der Waals surface area contributed by atoms with Crippen molar-refractivity contribution in [1.82, 2.24) is 20.1 Å². The van der Waals surface area contributed by atoms with Crippen molar-refractivity contribution >= 4 is 5.91 Å². The molecule has 0 aliphatic carbocycles. The van der Waals surface area contributed by atoms with Gasteiger partial charge in [0.2, 0.25) is 5.89 Å². The first kappa shape index (κ1) is 21.2. The normalized spacial score (nSPS) is 16.2. The van der Waals surface area contributed by atoms with Crippen LogP contribution in [0.1, 0.15) is 33.6 Å². The Kier molecular flexibility index (Phi) is 7.09. The van der Waals surface area contributed by atoms with Gasteiger partial charge in [-0.05, 0) is 11.1 Å². The molecule has 0 bridgehead atoms. The Bertz CT molecular complexity index is 953. The summed E-state index contributed by atoms with van der Waals surface area (Å²) in [5.74, 6) is 0.307. The van der Waals surface area contributed by atoms with Crippen LogP contribution in [0.3, 0.4) is 0 Å². The van der Waals surface area contributed by atoms with Crippen LogP contribution in [0.2, 0.25) is 0 Å². The summed E-state index contributed by atoms with van der Waals surface area (Å²) in [7, 11) is 0. The number of carbonyl (C=O) groups is 1. The lowest BCUT2D eigenvalue weighted by atomic mass is 10.1. The van der Waals surface area contributed by atoms with Gasteiger partial charge < -0.3 is 14.8 Å². The number of hydrogen-bond acceptors (Lipinski definition) is 6. The number of aromatic nitrogens is 1. The van der Waals surface area contributed by atoms with E-state index in [2.05, 4.69) is 20.1 Å². The Morgan fingerprint density at radius 3 is 2.35 bits per heavy atom. The molecule has 7 nitrogen and oxygen atoms in total. The molecular weight excluding hydrogens is 392 g/mol. The van der Waals surface area contributed by atoms with Crippen molar-refractivity contribution in [2.45, 2.75) is 19.2 Å². The topological polar surface area (TPSA) is 81.8 Å². The summed E-state index contributed by atoms with van der Waals surface area (Å²) in [4.78, 5) is 21.2. The Morgan fingerprint density at radius 2 is 1.65 bits per heavy atom. The van der Waals surface area contributed by atoms with Crippen molar-refractivity contribution in [3.63, 3.8) is 0 Å². The van der Waals surface area contributed by atoms with Crippen molar-refractivity contribution in [3.05, 3.63) is 89.6 Å². The van der Waals surface area contributed by atoms with Crippen LogP contribution in [0.5, 0.6) is 0 Å². The molecule has 0 spiro atoms. The summed E-state index contributed by atoms with van der Waals surface area (Å²) < 4.78 is 5.52. The van der Waals surface area contributed by atoms with Gasteiger partial charge in [-0.2, -0.15) is 0 Å². The highest BCUT2D eigenvalue weighted by molar-refractivity contribution is 5.91. The molecule has 2 aromatic carbocycles. The first-order valence-corrected chi connectivity index (χ1v) is 10.6. The minimum absolute atomic E-state index is 0.237. The number of rotatable bonds is 8. The van der Waals surface area contributed by atoms with Gasteiger partial charge in [0.25, 0.3) is 5.91 Å². The minimum Gasteiger partial charge on any atom is -0.447 e. The second-order valence-corrected chi connectivity index (χ2v) is 7.80. The molecule has 3 aromatic rings. The Balaban J connectivity index is 1.21. The molecule has 1 aliphatic rings. The van der Waals surface area contributed by atoms with Gasteiger partial charge in [0, 0.05) is 39.3 Å². The lowest BCUT2D eigenvalue weighted by Gasteiger charge is -2.35. The standard InChI is InChI=1S/C24H28N4O3/c29-22(20-9-5-2-6-10-20)16-27-11-13-28(14-12-27)17-23-26-21(18-31-23)24(30)25-15-19-7-3-1-4-8-19/h1-10,18,22,29H,11-17H2,(H,25,30)/t22-/m1/s1. The zero-order valence-electron chi connectivity index (χ0n) is 17.5. The van der Waals surface area contributed by atoms with Gasteiger partial charge in [-0.25, -0.2) is 4.98 Å². The smallest absolute Gasteiger partial charge is 0.273 e. The number of aliphatic hydroxyl groups is 1. The third kappa shape index (κ3) is 6.01. The zero-order chi connectivity index (χ0) is 21.5. The van der Waals surface area contributed by atoms with Gasteiger partial charge in [0.05, 0.1) is 12.6 Å². The zero-order valence-corrected chi connectivity index (χ0v) is 17.5. The molecule has 1 saturated heterocycles. The first-order chi connectivity index (χ1) is 15.2. The second-order valence-electron chi connectivity index (χ2n) is 7.80. The van der Waals surface area contributed by atoms with Gasteiger partial charge in [-0.3, -0.25) is 14.6 Å². The molecule has 4 rings (SSSR count). The van der Waals surface area contributed by atoms with Gasteiger partial charge in [-0.15, -0.1) is 0 Å². The van der Waals surface area contributed by atoms with E-state index in [1.165, 1.54) is 6.26 Å². The predicted octanol–water partition coefficient (Wildman–Crippen LogP) is 2.46. The monoisotopic (exact) mass is 420 g/mol. The third-order valence-corrected chi connectivity index (χ3v) is 5.52. The summed E-state index contributed by atoms with van der Waals surface area (Å²) in [5, 5.41) is 13.3. The number of oxazole rings is 1. The Morgan fingerprint density at radius 1 is 1.00 bits per heavy atom. The van der Waals surface area contributed by atoms with Gasteiger partial charge >= 0.3 is 0 Å². The lowest BCUT2D eigenvalue weighted by Crippen LogP contribution is -2.47. The number of amides is 1. The molecule has 0 radical (unpaired) electrons. The van der Waals surface area contributed by atoms with Crippen LogP contribution >= 0.6 is 0 Å².